The molecule has 1 amide bonds. The Balaban J connectivity index is 0. The second kappa shape index (κ2) is 6.94. The number of carbonyl (C=O) groups is 2. The lowest BCUT2D eigenvalue weighted by molar-refractivity contribution is -0.136. The SMILES string of the molecule is C=C.CC(C)(C)OC(=O)NCC(=O)O. The van der Waals surface area contributed by atoms with E-state index in [0.717, 1.165) is 0 Å². The van der Waals surface area contributed by atoms with Gasteiger partial charge in [-0.3, -0.25) is 4.79 Å². The number of carboxylic acid groups (broad SMARTS) is 1. The number of hydrogen-bond acceptors (Lipinski definition) is 3. The van der Waals surface area contributed by atoms with Crippen LogP contribution < -0.4 is 5.32 Å². The molecule has 0 radical (unpaired) electrons. The van der Waals surface area contributed by atoms with Gasteiger partial charge in [-0.2, -0.15) is 0 Å². The molecule has 0 fully saturated rings. The molecule has 82 valence electrons. The molecule has 0 unspecified atom stereocenters. The smallest absolute Gasteiger partial charge is 0.408 e. The summed E-state index contributed by atoms with van der Waals surface area (Å²) >= 11 is 0. The van der Waals surface area contributed by atoms with Crippen molar-refractivity contribution in [1.29, 1.82) is 0 Å². The van der Waals surface area contributed by atoms with Gasteiger partial charge in [-0.25, -0.2) is 4.79 Å². The first-order valence-corrected chi connectivity index (χ1v) is 4.00. The summed E-state index contributed by atoms with van der Waals surface area (Å²) in [6.45, 7) is 10.7. The molecule has 0 bridgehead atoms. The van der Waals surface area contributed by atoms with Crippen LogP contribution in [0, 0.1) is 0 Å². The zero-order chi connectivity index (χ0) is 11.8. The van der Waals surface area contributed by atoms with Crippen molar-refractivity contribution in [2.24, 2.45) is 0 Å². The first-order chi connectivity index (χ1) is 6.31. The quantitative estimate of drug-likeness (QED) is 0.665. The van der Waals surface area contributed by atoms with E-state index in [1.165, 1.54) is 0 Å². The number of hydrogen-bond donors (Lipinski definition) is 2. The van der Waals surface area contributed by atoms with Crippen LogP contribution in [-0.2, 0) is 9.53 Å². The summed E-state index contributed by atoms with van der Waals surface area (Å²) in [6.07, 6.45) is -0.718. The van der Waals surface area contributed by atoms with Gasteiger partial charge in [-0.05, 0) is 20.8 Å². The van der Waals surface area contributed by atoms with E-state index >= 15 is 0 Å². The Bertz CT molecular complexity index is 195. The predicted molar refractivity (Wildman–Crippen MR) is 53.1 cm³/mol. The van der Waals surface area contributed by atoms with Gasteiger partial charge in [0.1, 0.15) is 12.1 Å². The first kappa shape index (κ1) is 15.0. The zero-order valence-electron chi connectivity index (χ0n) is 8.79. The van der Waals surface area contributed by atoms with Gasteiger partial charge in [-0.15, -0.1) is 13.2 Å². The predicted octanol–water partition coefficient (Wildman–Crippen LogP) is 1.40. The third-order valence-electron chi connectivity index (χ3n) is 0.783. The maximum atomic E-state index is 10.8. The van der Waals surface area contributed by atoms with E-state index in [4.69, 9.17) is 9.84 Å². The Labute approximate surface area is 83.8 Å². The van der Waals surface area contributed by atoms with E-state index in [1.54, 1.807) is 20.8 Å². The molecule has 2 N–H and O–H groups in total. The fraction of sp³-hybridized carbons (Fsp3) is 0.556. The Morgan fingerprint density at radius 3 is 2.07 bits per heavy atom. The molecule has 0 aromatic heterocycles. The fourth-order valence-electron chi connectivity index (χ4n) is 0.462. The highest BCUT2D eigenvalue weighted by atomic mass is 16.6. The summed E-state index contributed by atoms with van der Waals surface area (Å²) in [5.74, 6) is -1.10. The van der Waals surface area contributed by atoms with Crippen molar-refractivity contribution in [3.8, 4) is 0 Å². The lowest BCUT2D eigenvalue weighted by atomic mass is 10.2. The maximum Gasteiger partial charge on any atom is 0.408 e. The summed E-state index contributed by atoms with van der Waals surface area (Å²) in [5.41, 5.74) is -0.595. The Morgan fingerprint density at radius 2 is 1.79 bits per heavy atom. The van der Waals surface area contributed by atoms with E-state index in [0.29, 0.717) is 0 Å². The molecule has 5 nitrogen and oxygen atoms in total. The van der Waals surface area contributed by atoms with Crippen molar-refractivity contribution >= 4 is 12.1 Å². The largest absolute Gasteiger partial charge is 0.480 e. The summed E-state index contributed by atoms with van der Waals surface area (Å²) in [4.78, 5) is 20.8. The Hall–Kier alpha value is -1.52. The molecular weight excluding hydrogens is 186 g/mol. The van der Waals surface area contributed by atoms with Gasteiger partial charge in [0.2, 0.25) is 0 Å². The molecule has 0 spiro atoms. The molecule has 0 heterocycles. The molecule has 0 saturated carbocycles. The number of rotatable bonds is 2. The molecule has 0 aliphatic heterocycles. The maximum absolute atomic E-state index is 10.8. The van der Waals surface area contributed by atoms with Crippen LogP contribution in [0.5, 0.6) is 0 Å². The van der Waals surface area contributed by atoms with Gasteiger partial charge < -0.3 is 15.2 Å². The lowest BCUT2D eigenvalue weighted by Crippen LogP contribution is -2.35. The monoisotopic (exact) mass is 203 g/mol. The second-order valence-electron chi connectivity index (χ2n) is 3.25. The van der Waals surface area contributed by atoms with E-state index in [-0.39, 0.29) is 0 Å². The van der Waals surface area contributed by atoms with Gasteiger partial charge in [0.15, 0.2) is 0 Å². The van der Waals surface area contributed by atoms with E-state index in [2.05, 4.69) is 18.5 Å². The van der Waals surface area contributed by atoms with E-state index in [1.807, 2.05) is 0 Å². The number of carboxylic acids is 1. The van der Waals surface area contributed by atoms with Gasteiger partial charge >= 0.3 is 12.1 Å². The van der Waals surface area contributed by atoms with Crippen molar-refractivity contribution < 1.29 is 19.4 Å². The van der Waals surface area contributed by atoms with Crippen molar-refractivity contribution in [3.63, 3.8) is 0 Å². The third-order valence-corrected chi connectivity index (χ3v) is 0.783. The molecule has 0 aliphatic carbocycles. The number of alkyl carbamates (subject to hydrolysis) is 1. The van der Waals surface area contributed by atoms with E-state index < -0.39 is 24.2 Å². The third kappa shape index (κ3) is 13.1. The van der Waals surface area contributed by atoms with Crippen LogP contribution in [0.1, 0.15) is 20.8 Å². The number of aliphatic carboxylic acids is 1. The molecule has 0 aliphatic rings. The van der Waals surface area contributed by atoms with Gasteiger partial charge in [0.25, 0.3) is 0 Å². The first-order valence-electron chi connectivity index (χ1n) is 4.00. The van der Waals surface area contributed by atoms with Crippen LogP contribution >= 0.6 is 0 Å². The molecule has 5 heteroatoms. The fourth-order valence-corrected chi connectivity index (χ4v) is 0.462. The van der Waals surface area contributed by atoms with Gasteiger partial charge in [0.05, 0.1) is 0 Å². The van der Waals surface area contributed by atoms with Crippen molar-refractivity contribution in [2.75, 3.05) is 6.54 Å². The van der Waals surface area contributed by atoms with Gasteiger partial charge in [0, 0.05) is 0 Å². The minimum atomic E-state index is -1.10. The Morgan fingerprint density at radius 1 is 1.36 bits per heavy atom. The van der Waals surface area contributed by atoms with Crippen molar-refractivity contribution in [2.45, 2.75) is 26.4 Å². The van der Waals surface area contributed by atoms with Crippen LogP contribution in [0.25, 0.3) is 0 Å². The standard InChI is InChI=1S/C7H13NO4.C2H4/c1-7(2,3)12-6(11)8-4-5(9)10;1-2/h4H2,1-3H3,(H,8,11)(H,9,10);1-2H2. The molecule has 0 atom stereocenters. The van der Waals surface area contributed by atoms with Crippen molar-refractivity contribution in [1.82, 2.24) is 5.32 Å². The summed E-state index contributed by atoms with van der Waals surface area (Å²) in [7, 11) is 0. The summed E-state index contributed by atoms with van der Waals surface area (Å²) < 4.78 is 4.77. The van der Waals surface area contributed by atoms with Gasteiger partial charge in [-0.1, -0.05) is 0 Å². The minimum Gasteiger partial charge on any atom is -0.480 e. The summed E-state index contributed by atoms with van der Waals surface area (Å²) in [6, 6.07) is 0. The number of ether oxygens (including phenoxy) is 1. The normalized spacial score (nSPS) is 9.36. The van der Waals surface area contributed by atoms with E-state index in [9.17, 15) is 9.59 Å². The van der Waals surface area contributed by atoms with Crippen LogP contribution in [-0.4, -0.2) is 29.3 Å². The Kier molecular flexibility index (Phi) is 7.42. The molecule has 0 aromatic rings. The average molecular weight is 203 g/mol. The number of amides is 1. The second-order valence-corrected chi connectivity index (χ2v) is 3.25. The molecule has 0 saturated heterocycles. The zero-order valence-corrected chi connectivity index (χ0v) is 8.79. The van der Waals surface area contributed by atoms with Crippen molar-refractivity contribution in [3.05, 3.63) is 13.2 Å². The molecule has 14 heavy (non-hydrogen) atoms. The minimum absolute atomic E-state index is 0.422. The highest BCUT2D eigenvalue weighted by Gasteiger charge is 2.15. The number of carbonyl (C=O) groups excluding carboxylic acids is 1. The molecule has 0 aromatic carbocycles. The van der Waals surface area contributed by atoms with Crippen LogP contribution in [0.4, 0.5) is 4.79 Å². The topological polar surface area (TPSA) is 75.6 Å². The number of nitrogens with one attached hydrogen (secondary N) is 1. The average Bonchev–Trinajstić information content (AvgIpc) is 2.02. The lowest BCUT2D eigenvalue weighted by Gasteiger charge is -2.19. The molecular formula is C9H17NO4. The summed E-state index contributed by atoms with van der Waals surface area (Å²) in [5, 5.41) is 10.3. The van der Waals surface area contributed by atoms with Crippen LogP contribution in [0.15, 0.2) is 13.2 Å². The van der Waals surface area contributed by atoms with Crippen LogP contribution in [0.2, 0.25) is 0 Å². The highest BCUT2D eigenvalue weighted by Crippen LogP contribution is 2.05. The highest BCUT2D eigenvalue weighted by molar-refractivity contribution is 5.76. The van der Waals surface area contributed by atoms with Crippen LogP contribution in [0.3, 0.4) is 0 Å². The molecule has 0 rings (SSSR count).